The highest BCUT2D eigenvalue weighted by Gasteiger charge is 2.12. The van der Waals surface area contributed by atoms with E-state index in [9.17, 15) is 0 Å². The zero-order chi connectivity index (χ0) is 13.4. The summed E-state index contributed by atoms with van der Waals surface area (Å²) in [6, 6.07) is 0.312. The minimum Gasteiger partial charge on any atom is -0.467 e. The lowest BCUT2D eigenvalue weighted by molar-refractivity contribution is 0.205. The van der Waals surface area contributed by atoms with Crippen LogP contribution in [0.5, 0.6) is 6.01 Å². The van der Waals surface area contributed by atoms with Gasteiger partial charge >= 0.3 is 6.01 Å². The van der Waals surface area contributed by atoms with Crippen LogP contribution in [0.15, 0.2) is 0 Å². The lowest BCUT2D eigenvalue weighted by Gasteiger charge is -2.20. The summed E-state index contributed by atoms with van der Waals surface area (Å²) in [7, 11) is 3.21. The van der Waals surface area contributed by atoms with Crippen LogP contribution in [-0.2, 0) is 4.74 Å². The molecule has 0 atom stereocenters. The third kappa shape index (κ3) is 3.99. The van der Waals surface area contributed by atoms with Crippen molar-refractivity contribution >= 4 is 11.9 Å². The number of rotatable bonds is 8. The summed E-state index contributed by atoms with van der Waals surface area (Å²) in [5.41, 5.74) is 0. The SMILES string of the molecule is CCNc1nc(OC)nc(N(CC)CCOC)n1. The molecule has 7 heteroatoms. The van der Waals surface area contributed by atoms with Crippen LogP contribution in [-0.4, -0.2) is 55.4 Å². The molecule has 0 saturated carbocycles. The first-order valence-electron chi connectivity index (χ1n) is 6.02. The Hall–Kier alpha value is -1.63. The second kappa shape index (κ2) is 7.65. The maximum atomic E-state index is 5.08. The quantitative estimate of drug-likeness (QED) is 0.736. The van der Waals surface area contributed by atoms with Gasteiger partial charge in [-0.05, 0) is 13.8 Å². The predicted molar refractivity (Wildman–Crippen MR) is 70.3 cm³/mol. The molecule has 0 aliphatic heterocycles. The number of aromatic nitrogens is 3. The van der Waals surface area contributed by atoms with Crippen molar-refractivity contribution in [3.05, 3.63) is 0 Å². The molecule has 0 fully saturated rings. The van der Waals surface area contributed by atoms with Gasteiger partial charge < -0.3 is 19.7 Å². The van der Waals surface area contributed by atoms with Gasteiger partial charge in [-0.15, -0.1) is 0 Å². The number of hydrogen-bond acceptors (Lipinski definition) is 7. The van der Waals surface area contributed by atoms with Gasteiger partial charge in [0.25, 0.3) is 0 Å². The van der Waals surface area contributed by atoms with E-state index in [0.29, 0.717) is 24.5 Å². The fraction of sp³-hybridized carbons (Fsp3) is 0.727. The van der Waals surface area contributed by atoms with Crippen LogP contribution in [0.2, 0.25) is 0 Å². The standard InChI is InChI=1S/C11H21N5O2/c1-5-12-9-13-10(15-11(14-9)18-4)16(6-2)7-8-17-3/h5-8H2,1-4H3,(H,12,13,14,15). The van der Waals surface area contributed by atoms with Crippen molar-refractivity contribution in [2.24, 2.45) is 0 Å². The molecule has 0 radical (unpaired) electrons. The first-order chi connectivity index (χ1) is 8.74. The molecule has 0 unspecified atom stereocenters. The van der Waals surface area contributed by atoms with Crippen molar-refractivity contribution in [1.29, 1.82) is 0 Å². The molecule has 7 nitrogen and oxygen atoms in total. The Bertz CT molecular complexity index is 361. The number of anilines is 2. The maximum absolute atomic E-state index is 5.08. The van der Waals surface area contributed by atoms with Crippen molar-refractivity contribution in [2.75, 3.05) is 50.7 Å². The molecule has 18 heavy (non-hydrogen) atoms. The van der Waals surface area contributed by atoms with Gasteiger partial charge in [-0.25, -0.2) is 0 Å². The number of likely N-dealkylation sites (N-methyl/N-ethyl adjacent to an activating group) is 1. The lowest BCUT2D eigenvalue weighted by atomic mass is 10.5. The molecule has 1 heterocycles. The molecule has 0 aromatic carbocycles. The molecule has 0 aliphatic rings. The smallest absolute Gasteiger partial charge is 0.322 e. The van der Waals surface area contributed by atoms with Crippen LogP contribution in [0.4, 0.5) is 11.9 Å². The fourth-order valence-corrected chi connectivity index (χ4v) is 1.42. The molecule has 0 amide bonds. The summed E-state index contributed by atoms with van der Waals surface area (Å²) in [6.07, 6.45) is 0. The predicted octanol–water partition coefficient (Wildman–Crippen LogP) is 0.785. The minimum atomic E-state index is 0.312. The first-order valence-corrected chi connectivity index (χ1v) is 6.02. The Morgan fingerprint density at radius 3 is 2.50 bits per heavy atom. The van der Waals surface area contributed by atoms with Crippen LogP contribution >= 0.6 is 0 Å². The van der Waals surface area contributed by atoms with Crippen molar-refractivity contribution < 1.29 is 9.47 Å². The molecule has 0 aliphatic carbocycles. The number of hydrogen-bond donors (Lipinski definition) is 1. The van der Waals surface area contributed by atoms with Gasteiger partial charge in [0.05, 0.1) is 13.7 Å². The van der Waals surface area contributed by atoms with E-state index >= 15 is 0 Å². The van der Waals surface area contributed by atoms with Gasteiger partial charge in [0.1, 0.15) is 0 Å². The third-order valence-corrected chi connectivity index (χ3v) is 2.35. The molecular weight excluding hydrogens is 234 g/mol. The lowest BCUT2D eigenvalue weighted by Crippen LogP contribution is -2.29. The molecule has 0 bridgehead atoms. The van der Waals surface area contributed by atoms with E-state index in [0.717, 1.165) is 19.6 Å². The molecule has 1 aromatic heterocycles. The number of methoxy groups -OCH3 is 2. The Labute approximate surface area is 108 Å². The normalized spacial score (nSPS) is 10.2. The molecule has 0 saturated heterocycles. The number of nitrogens with zero attached hydrogens (tertiary/aromatic N) is 4. The van der Waals surface area contributed by atoms with Crippen LogP contribution in [0, 0.1) is 0 Å². The van der Waals surface area contributed by atoms with Crippen molar-refractivity contribution in [2.45, 2.75) is 13.8 Å². The van der Waals surface area contributed by atoms with E-state index in [-0.39, 0.29) is 0 Å². The van der Waals surface area contributed by atoms with Crippen LogP contribution in [0.3, 0.4) is 0 Å². The summed E-state index contributed by atoms with van der Waals surface area (Å²) < 4.78 is 10.2. The largest absolute Gasteiger partial charge is 0.467 e. The van der Waals surface area contributed by atoms with Crippen molar-refractivity contribution in [3.8, 4) is 6.01 Å². The van der Waals surface area contributed by atoms with Crippen LogP contribution in [0.25, 0.3) is 0 Å². The van der Waals surface area contributed by atoms with E-state index in [2.05, 4.69) is 20.3 Å². The highest BCUT2D eigenvalue weighted by Crippen LogP contribution is 2.14. The zero-order valence-corrected chi connectivity index (χ0v) is 11.4. The van der Waals surface area contributed by atoms with E-state index in [1.807, 2.05) is 18.7 Å². The van der Waals surface area contributed by atoms with Gasteiger partial charge in [-0.2, -0.15) is 15.0 Å². The van der Waals surface area contributed by atoms with Gasteiger partial charge in [-0.1, -0.05) is 0 Å². The highest BCUT2D eigenvalue weighted by atomic mass is 16.5. The first kappa shape index (κ1) is 14.4. The maximum Gasteiger partial charge on any atom is 0.322 e. The summed E-state index contributed by atoms with van der Waals surface area (Å²) in [6.45, 7) is 6.92. The Balaban J connectivity index is 2.93. The molecular formula is C11H21N5O2. The molecule has 1 rings (SSSR count). The zero-order valence-electron chi connectivity index (χ0n) is 11.4. The fourth-order valence-electron chi connectivity index (χ4n) is 1.42. The minimum absolute atomic E-state index is 0.312. The molecule has 102 valence electrons. The van der Waals surface area contributed by atoms with E-state index in [1.54, 1.807) is 14.2 Å². The Morgan fingerprint density at radius 2 is 1.94 bits per heavy atom. The van der Waals surface area contributed by atoms with Gasteiger partial charge in [-0.3, -0.25) is 0 Å². The van der Waals surface area contributed by atoms with Crippen LogP contribution in [0.1, 0.15) is 13.8 Å². The molecule has 1 N–H and O–H groups in total. The highest BCUT2D eigenvalue weighted by molar-refractivity contribution is 5.38. The summed E-state index contributed by atoms with van der Waals surface area (Å²) in [5, 5.41) is 3.06. The van der Waals surface area contributed by atoms with E-state index in [4.69, 9.17) is 9.47 Å². The van der Waals surface area contributed by atoms with E-state index < -0.39 is 0 Å². The summed E-state index contributed by atoms with van der Waals surface area (Å²) in [5.74, 6) is 1.12. The average Bonchev–Trinajstić information content (AvgIpc) is 2.39. The van der Waals surface area contributed by atoms with Gasteiger partial charge in [0.2, 0.25) is 11.9 Å². The third-order valence-electron chi connectivity index (χ3n) is 2.35. The monoisotopic (exact) mass is 255 g/mol. The van der Waals surface area contributed by atoms with Crippen molar-refractivity contribution in [3.63, 3.8) is 0 Å². The van der Waals surface area contributed by atoms with Gasteiger partial charge in [0.15, 0.2) is 0 Å². The summed E-state index contributed by atoms with van der Waals surface area (Å²) in [4.78, 5) is 14.7. The van der Waals surface area contributed by atoms with Crippen LogP contribution < -0.4 is 15.0 Å². The molecule has 1 aromatic rings. The molecule has 0 spiro atoms. The second-order valence-electron chi connectivity index (χ2n) is 3.55. The topological polar surface area (TPSA) is 72.4 Å². The number of ether oxygens (including phenoxy) is 2. The Morgan fingerprint density at radius 1 is 1.17 bits per heavy atom. The van der Waals surface area contributed by atoms with Gasteiger partial charge in [0, 0.05) is 26.7 Å². The second-order valence-corrected chi connectivity index (χ2v) is 3.55. The number of nitrogens with one attached hydrogen (secondary N) is 1. The van der Waals surface area contributed by atoms with E-state index in [1.165, 1.54) is 0 Å². The summed E-state index contributed by atoms with van der Waals surface area (Å²) >= 11 is 0. The Kier molecular flexibility index (Phi) is 6.13. The average molecular weight is 255 g/mol. The van der Waals surface area contributed by atoms with Crippen molar-refractivity contribution in [1.82, 2.24) is 15.0 Å².